The number of alkyl halides is 3. The van der Waals surface area contributed by atoms with Crippen molar-refractivity contribution in [1.29, 1.82) is 0 Å². The summed E-state index contributed by atoms with van der Waals surface area (Å²) in [4.78, 5) is 11.0. The number of rotatable bonds is 1. The summed E-state index contributed by atoms with van der Waals surface area (Å²) in [5.41, 5.74) is -1.78. The monoisotopic (exact) mass is 330 g/mol. The molecule has 0 heterocycles. The lowest BCUT2D eigenvalue weighted by Gasteiger charge is -2.13. The van der Waals surface area contributed by atoms with Gasteiger partial charge in [0.25, 0.3) is 0 Å². The molecule has 1 rings (SSSR count). The maximum absolute atomic E-state index is 12.5. The van der Waals surface area contributed by atoms with E-state index in [2.05, 4.69) is 0 Å². The highest BCUT2D eigenvalue weighted by Crippen LogP contribution is 2.39. The van der Waals surface area contributed by atoms with Crippen LogP contribution in [0.1, 0.15) is 22.8 Å². The number of hydrogen-bond donors (Lipinski definition) is 1. The summed E-state index contributed by atoms with van der Waals surface area (Å²) >= 11 is 1.73. The summed E-state index contributed by atoms with van der Waals surface area (Å²) in [6.45, 7) is 1.03. The first-order valence-corrected chi connectivity index (χ1v) is 4.92. The Balaban J connectivity index is 3.55. The van der Waals surface area contributed by atoms with Gasteiger partial charge in [-0.15, -0.1) is 0 Å². The molecule has 0 fully saturated rings. The third kappa shape index (κ3) is 2.61. The van der Waals surface area contributed by atoms with Gasteiger partial charge in [-0.2, -0.15) is 13.2 Å². The number of Topliss-reactive ketones (excluding diaryl/α,β-unsaturated/α-hetero) is 1. The fourth-order valence-electron chi connectivity index (χ4n) is 1.17. The van der Waals surface area contributed by atoms with Gasteiger partial charge in [0, 0.05) is 9.13 Å². The zero-order valence-corrected chi connectivity index (χ0v) is 9.68. The molecule has 0 atom stereocenters. The van der Waals surface area contributed by atoms with Crippen molar-refractivity contribution in [2.45, 2.75) is 13.1 Å². The summed E-state index contributed by atoms with van der Waals surface area (Å²) in [5, 5.41) is 9.18. The van der Waals surface area contributed by atoms with Crippen molar-refractivity contribution in [2.24, 2.45) is 0 Å². The van der Waals surface area contributed by atoms with Gasteiger partial charge in [-0.1, -0.05) is 0 Å². The summed E-state index contributed by atoms with van der Waals surface area (Å²) in [5.74, 6) is -1.64. The fraction of sp³-hybridized carbons (Fsp3) is 0.222. The first-order valence-electron chi connectivity index (χ1n) is 3.84. The quantitative estimate of drug-likeness (QED) is 0.634. The summed E-state index contributed by atoms with van der Waals surface area (Å²) in [6, 6.07) is 2.07. The third-order valence-corrected chi connectivity index (χ3v) is 2.37. The fourth-order valence-corrected chi connectivity index (χ4v) is 1.77. The Morgan fingerprint density at radius 1 is 1.40 bits per heavy atom. The molecule has 82 valence electrons. The molecule has 1 N–H and O–H groups in total. The van der Waals surface area contributed by atoms with Crippen LogP contribution in [0, 0.1) is 3.57 Å². The molecule has 0 radical (unpaired) electrons. The van der Waals surface area contributed by atoms with Gasteiger partial charge in [-0.25, -0.2) is 0 Å². The highest BCUT2D eigenvalue weighted by Gasteiger charge is 2.37. The lowest BCUT2D eigenvalue weighted by molar-refractivity contribution is -0.139. The number of phenols is 1. The first-order chi connectivity index (χ1) is 6.73. The molecule has 0 saturated heterocycles. The average molecular weight is 330 g/mol. The Hall–Kier alpha value is -0.790. The topological polar surface area (TPSA) is 37.3 Å². The zero-order valence-electron chi connectivity index (χ0n) is 7.52. The van der Waals surface area contributed by atoms with Crippen LogP contribution in [0.2, 0.25) is 0 Å². The van der Waals surface area contributed by atoms with Crippen molar-refractivity contribution in [3.8, 4) is 5.75 Å². The maximum Gasteiger partial charge on any atom is 0.420 e. The Morgan fingerprint density at radius 2 is 1.93 bits per heavy atom. The maximum atomic E-state index is 12.5. The molecule has 2 nitrogen and oxygen atoms in total. The van der Waals surface area contributed by atoms with Crippen molar-refractivity contribution in [2.75, 3.05) is 0 Å². The lowest BCUT2D eigenvalue weighted by Crippen LogP contribution is -2.12. The van der Waals surface area contributed by atoms with Crippen LogP contribution in [0.3, 0.4) is 0 Å². The van der Waals surface area contributed by atoms with Gasteiger partial charge in [0.05, 0.1) is 0 Å². The Morgan fingerprint density at radius 3 is 2.33 bits per heavy atom. The molecule has 1 aromatic rings. The van der Waals surface area contributed by atoms with E-state index in [1.54, 1.807) is 22.6 Å². The van der Waals surface area contributed by atoms with Gasteiger partial charge in [0.1, 0.15) is 11.3 Å². The van der Waals surface area contributed by atoms with Crippen LogP contribution < -0.4 is 0 Å². The molecule has 0 aliphatic heterocycles. The van der Waals surface area contributed by atoms with Crippen LogP contribution in [-0.4, -0.2) is 10.9 Å². The predicted octanol–water partition coefficient (Wildman–Crippen LogP) is 3.22. The minimum atomic E-state index is -4.73. The molecule has 0 spiro atoms. The Labute approximate surface area is 97.2 Å². The van der Waals surface area contributed by atoms with E-state index in [1.807, 2.05) is 0 Å². The summed E-state index contributed by atoms with van der Waals surface area (Å²) in [6.07, 6.45) is -4.73. The third-order valence-electron chi connectivity index (χ3n) is 1.75. The van der Waals surface area contributed by atoms with Crippen LogP contribution >= 0.6 is 22.6 Å². The van der Waals surface area contributed by atoms with Crippen molar-refractivity contribution in [3.63, 3.8) is 0 Å². The minimum Gasteiger partial charge on any atom is -0.507 e. The molecule has 0 aliphatic carbocycles. The highest BCUT2D eigenvalue weighted by atomic mass is 127. The average Bonchev–Trinajstić information content (AvgIpc) is 1.99. The van der Waals surface area contributed by atoms with Crippen LogP contribution in [0.5, 0.6) is 5.75 Å². The van der Waals surface area contributed by atoms with E-state index in [9.17, 15) is 23.1 Å². The first kappa shape index (κ1) is 12.3. The van der Waals surface area contributed by atoms with Gasteiger partial charge in [-0.05, 0) is 41.6 Å². The van der Waals surface area contributed by atoms with Crippen LogP contribution in [0.4, 0.5) is 13.2 Å². The van der Waals surface area contributed by atoms with Gasteiger partial charge < -0.3 is 5.11 Å². The standard InChI is InChI=1S/C9H6F3IO2/c1-4(14)6-2-5(13)3-7(15)8(6)9(10,11)12/h2-3,15H,1H3. The molecule has 0 bridgehead atoms. The normalized spacial score (nSPS) is 11.5. The van der Waals surface area contributed by atoms with Gasteiger partial charge >= 0.3 is 6.18 Å². The number of benzene rings is 1. The smallest absolute Gasteiger partial charge is 0.420 e. The molecule has 0 aromatic heterocycles. The zero-order chi connectivity index (χ0) is 11.8. The van der Waals surface area contributed by atoms with E-state index in [4.69, 9.17) is 0 Å². The van der Waals surface area contributed by atoms with E-state index in [0.29, 0.717) is 3.57 Å². The molecular weight excluding hydrogens is 324 g/mol. The van der Waals surface area contributed by atoms with Crippen molar-refractivity contribution >= 4 is 28.4 Å². The number of halogens is 4. The number of hydrogen-bond acceptors (Lipinski definition) is 2. The highest BCUT2D eigenvalue weighted by molar-refractivity contribution is 14.1. The van der Waals surface area contributed by atoms with E-state index in [1.165, 1.54) is 0 Å². The predicted molar refractivity (Wildman–Crippen MR) is 55.8 cm³/mol. The van der Waals surface area contributed by atoms with E-state index >= 15 is 0 Å². The largest absolute Gasteiger partial charge is 0.507 e. The van der Waals surface area contributed by atoms with E-state index in [-0.39, 0.29) is 0 Å². The van der Waals surface area contributed by atoms with Crippen molar-refractivity contribution in [3.05, 3.63) is 26.8 Å². The molecular formula is C9H6F3IO2. The Bertz CT molecular complexity index is 413. The van der Waals surface area contributed by atoms with Crippen LogP contribution in [-0.2, 0) is 6.18 Å². The second-order valence-corrected chi connectivity index (χ2v) is 4.15. The second-order valence-electron chi connectivity index (χ2n) is 2.90. The molecule has 15 heavy (non-hydrogen) atoms. The summed E-state index contributed by atoms with van der Waals surface area (Å²) < 4.78 is 37.8. The number of carbonyl (C=O) groups is 1. The van der Waals surface area contributed by atoms with E-state index < -0.39 is 28.8 Å². The molecule has 0 saturated carbocycles. The number of aromatic hydroxyl groups is 1. The SMILES string of the molecule is CC(=O)c1cc(I)cc(O)c1C(F)(F)F. The number of ketones is 1. The number of phenolic OH excluding ortho intramolecular Hbond substituents is 1. The molecule has 0 amide bonds. The van der Waals surface area contributed by atoms with Gasteiger partial charge in [0.15, 0.2) is 5.78 Å². The van der Waals surface area contributed by atoms with Crippen molar-refractivity contribution < 1.29 is 23.1 Å². The lowest BCUT2D eigenvalue weighted by atomic mass is 10.0. The Kier molecular flexibility index (Phi) is 3.27. The molecule has 0 aliphatic rings. The molecule has 1 aromatic carbocycles. The van der Waals surface area contributed by atoms with Crippen LogP contribution in [0.15, 0.2) is 12.1 Å². The van der Waals surface area contributed by atoms with Crippen LogP contribution in [0.25, 0.3) is 0 Å². The van der Waals surface area contributed by atoms with Gasteiger partial charge in [0.2, 0.25) is 0 Å². The van der Waals surface area contributed by atoms with Gasteiger partial charge in [-0.3, -0.25) is 4.79 Å². The minimum absolute atomic E-state index is 0.378. The molecule has 6 heteroatoms. The number of carbonyl (C=O) groups excluding carboxylic acids is 1. The molecule has 0 unspecified atom stereocenters. The van der Waals surface area contributed by atoms with E-state index in [0.717, 1.165) is 19.1 Å². The second kappa shape index (κ2) is 3.99. The summed E-state index contributed by atoms with van der Waals surface area (Å²) in [7, 11) is 0. The van der Waals surface area contributed by atoms with Crippen molar-refractivity contribution in [1.82, 2.24) is 0 Å².